The summed E-state index contributed by atoms with van der Waals surface area (Å²) < 4.78 is 2.24. The fourth-order valence-corrected chi connectivity index (χ4v) is 3.52. The summed E-state index contributed by atoms with van der Waals surface area (Å²) in [6, 6.07) is 2.66. The van der Waals surface area contributed by atoms with Crippen molar-refractivity contribution in [2.75, 3.05) is 13.2 Å². The van der Waals surface area contributed by atoms with Crippen molar-refractivity contribution in [1.82, 2.24) is 15.1 Å². The summed E-state index contributed by atoms with van der Waals surface area (Å²) >= 11 is 0. The first-order chi connectivity index (χ1) is 9.68. The standard InChI is InChI=1S/C16H29N3O/c1-4-13-10-14(5-2)19(18-13)15-8-7-9-16(11-15,12-20)17-6-3/h10,15,17,20H,4-9,11-12H2,1-3H3. The smallest absolute Gasteiger partial charge is 0.0624 e. The number of aliphatic hydroxyl groups is 1. The highest BCUT2D eigenvalue weighted by molar-refractivity contribution is 5.12. The highest BCUT2D eigenvalue weighted by Gasteiger charge is 2.36. The second kappa shape index (κ2) is 6.72. The number of aryl methyl sites for hydroxylation is 2. The zero-order valence-electron chi connectivity index (χ0n) is 13.2. The van der Waals surface area contributed by atoms with Crippen LogP contribution < -0.4 is 5.32 Å². The molecule has 0 radical (unpaired) electrons. The van der Waals surface area contributed by atoms with E-state index in [1.165, 1.54) is 17.8 Å². The van der Waals surface area contributed by atoms with Crippen LogP contribution in [0.4, 0.5) is 0 Å². The van der Waals surface area contributed by atoms with Crippen LogP contribution in [0, 0.1) is 0 Å². The Hall–Kier alpha value is -0.870. The van der Waals surface area contributed by atoms with E-state index in [-0.39, 0.29) is 12.1 Å². The third-order valence-corrected chi connectivity index (χ3v) is 4.61. The molecule has 1 aliphatic carbocycles. The van der Waals surface area contributed by atoms with Gasteiger partial charge in [0.05, 0.1) is 18.3 Å². The lowest BCUT2D eigenvalue weighted by Gasteiger charge is -2.40. The van der Waals surface area contributed by atoms with Crippen LogP contribution in [0.15, 0.2) is 6.07 Å². The zero-order chi connectivity index (χ0) is 14.6. The van der Waals surface area contributed by atoms with E-state index in [1.807, 2.05) is 0 Å². The monoisotopic (exact) mass is 279 g/mol. The van der Waals surface area contributed by atoms with Crippen molar-refractivity contribution >= 4 is 0 Å². The van der Waals surface area contributed by atoms with Gasteiger partial charge in [-0.1, -0.05) is 20.8 Å². The summed E-state index contributed by atoms with van der Waals surface area (Å²) in [5.74, 6) is 0. The van der Waals surface area contributed by atoms with Gasteiger partial charge in [0.15, 0.2) is 0 Å². The van der Waals surface area contributed by atoms with Gasteiger partial charge in [0.1, 0.15) is 0 Å². The van der Waals surface area contributed by atoms with Crippen molar-refractivity contribution < 1.29 is 5.11 Å². The fourth-order valence-electron chi connectivity index (χ4n) is 3.52. The van der Waals surface area contributed by atoms with Crippen LogP contribution in [-0.2, 0) is 12.8 Å². The number of nitrogens with zero attached hydrogens (tertiary/aromatic N) is 2. The Morgan fingerprint density at radius 2 is 2.20 bits per heavy atom. The number of likely N-dealkylation sites (N-methyl/N-ethyl adjacent to an activating group) is 1. The quantitative estimate of drug-likeness (QED) is 0.841. The van der Waals surface area contributed by atoms with Crippen molar-refractivity contribution in [3.8, 4) is 0 Å². The number of nitrogens with one attached hydrogen (secondary N) is 1. The van der Waals surface area contributed by atoms with E-state index < -0.39 is 0 Å². The van der Waals surface area contributed by atoms with E-state index >= 15 is 0 Å². The van der Waals surface area contributed by atoms with Gasteiger partial charge >= 0.3 is 0 Å². The van der Waals surface area contributed by atoms with Gasteiger partial charge in [0.2, 0.25) is 0 Å². The third kappa shape index (κ3) is 3.07. The molecule has 0 aliphatic heterocycles. The molecule has 4 heteroatoms. The van der Waals surface area contributed by atoms with Gasteiger partial charge in [0, 0.05) is 11.2 Å². The minimum Gasteiger partial charge on any atom is -0.394 e. The van der Waals surface area contributed by atoms with Gasteiger partial charge in [-0.3, -0.25) is 4.68 Å². The molecule has 0 saturated heterocycles. The van der Waals surface area contributed by atoms with Crippen LogP contribution in [-0.4, -0.2) is 33.6 Å². The second-order valence-corrected chi connectivity index (χ2v) is 6.00. The Morgan fingerprint density at radius 3 is 2.80 bits per heavy atom. The minimum absolute atomic E-state index is 0.110. The first-order valence-corrected chi connectivity index (χ1v) is 8.11. The molecule has 1 aliphatic rings. The lowest BCUT2D eigenvalue weighted by molar-refractivity contribution is 0.0952. The summed E-state index contributed by atoms with van der Waals surface area (Å²) in [7, 11) is 0. The van der Waals surface area contributed by atoms with E-state index in [2.05, 4.69) is 36.8 Å². The molecule has 2 rings (SSSR count). The molecule has 0 amide bonds. The molecule has 2 unspecified atom stereocenters. The van der Waals surface area contributed by atoms with Gasteiger partial charge in [-0.2, -0.15) is 5.10 Å². The first kappa shape index (κ1) is 15.5. The Balaban J connectivity index is 2.21. The molecule has 4 nitrogen and oxygen atoms in total. The van der Waals surface area contributed by atoms with Gasteiger partial charge in [-0.15, -0.1) is 0 Å². The number of hydrogen-bond acceptors (Lipinski definition) is 3. The lowest BCUT2D eigenvalue weighted by Crippen LogP contribution is -2.52. The maximum absolute atomic E-state index is 9.82. The van der Waals surface area contributed by atoms with E-state index in [4.69, 9.17) is 5.10 Å². The second-order valence-electron chi connectivity index (χ2n) is 6.00. The maximum Gasteiger partial charge on any atom is 0.0624 e. The molecular formula is C16H29N3O. The molecule has 1 aromatic heterocycles. The van der Waals surface area contributed by atoms with Crippen LogP contribution in [0.5, 0.6) is 0 Å². The lowest BCUT2D eigenvalue weighted by atomic mass is 9.79. The molecular weight excluding hydrogens is 250 g/mol. The number of hydrogen-bond donors (Lipinski definition) is 2. The SMILES string of the molecule is CCNC1(CO)CCCC(n2nc(CC)cc2CC)C1. The molecule has 2 atom stereocenters. The van der Waals surface area contributed by atoms with Crippen LogP contribution in [0.1, 0.15) is 63.9 Å². The fraction of sp³-hybridized carbons (Fsp3) is 0.812. The predicted octanol–water partition coefficient (Wildman–Crippen LogP) is 2.46. The average molecular weight is 279 g/mol. The Labute approximate surface area is 122 Å². The molecule has 0 aromatic carbocycles. The summed E-state index contributed by atoms with van der Waals surface area (Å²) in [6.45, 7) is 7.60. The van der Waals surface area contributed by atoms with E-state index in [9.17, 15) is 5.11 Å². The van der Waals surface area contributed by atoms with Crippen LogP contribution in [0.25, 0.3) is 0 Å². The predicted molar refractivity (Wildman–Crippen MR) is 82.0 cm³/mol. The number of aliphatic hydroxyl groups excluding tert-OH is 1. The molecule has 20 heavy (non-hydrogen) atoms. The number of aromatic nitrogens is 2. The van der Waals surface area contributed by atoms with Crippen LogP contribution in [0.3, 0.4) is 0 Å². The topological polar surface area (TPSA) is 50.1 Å². The van der Waals surface area contributed by atoms with Crippen molar-refractivity contribution in [2.24, 2.45) is 0 Å². The van der Waals surface area contributed by atoms with Crippen LogP contribution in [0.2, 0.25) is 0 Å². The Morgan fingerprint density at radius 1 is 1.40 bits per heavy atom. The Kier molecular flexibility index (Phi) is 5.22. The highest BCUT2D eigenvalue weighted by Crippen LogP contribution is 2.36. The summed E-state index contributed by atoms with van der Waals surface area (Å²) in [5, 5.41) is 18.1. The largest absolute Gasteiger partial charge is 0.394 e. The Bertz CT molecular complexity index is 425. The summed E-state index contributed by atoms with van der Waals surface area (Å²) in [4.78, 5) is 0. The molecule has 1 aromatic rings. The molecule has 1 saturated carbocycles. The van der Waals surface area contributed by atoms with Crippen molar-refractivity contribution in [3.63, 3.8) is 0 Å². The van der Waals surface area contributed by atoms with Crippen molar-refractivity contribution in [3.05, 3.63) is 17.5 Å². The first-order valence-electron chi connectivity index (χ1n) is 8.11. The maximum atomic E-state index is 9.82. The highest BCUT2D eigenvalue weighted by atomic mass is 16.3. The molecule has 114 valence electrons. The van der Waals surface area contributed by atoms with Crippen LogP contribution >= 0.6 is 0 Å². The molecule has 0 spiro atoms. The molecule has 1 heterocycles. The normalized spacial score (nSPS) is 26.9. The molecule has 2 N–H and O–H groups in total. The minimum atomic E-state index is -0.110. The van der Waals surface area contributed by atoms with E-state index in [1.54, 1.807) is 0 Å². The summed E-state index contributed by atoms with van der Waals surface area (Å²) in [6.07, 6.45) is 6.39. The number of rotatable bonds is 6. The zero-order valence-corrected chi connectivity index (χ0v) is 13.2. The van der Waals surface area contributed by atoms with Crippen molar-refractivity contribution in [2.45, 2.75) is 70.9 Å². The van der Waals surface area contributed by atoms with E-state index in [0.29, 0.717) is 6.04 Å². The van der Waals surface area contributed by atoms with Crippen molar-refractivity contribution in [1.29, 1.82) is 0 Å². The third-order valence-electron chi connectivity index (χ3n) is 4.61. The average Bonchev–Trinajstić information content (AvgIpc) is 2.91. The van der Waals surface area contributed by atoms with Gasteiger partial charge in [-0.25, -0.2) is 0 Å². The summed E-state index contributed by atoms with van der Waals surface area (Å²) in [5.41, 5.74) is 2.41. The molecule has 0 bridgehead atoms. The van der Waals surface area contributed by atoms with E-state index in [0.717, 1.165) is 38.6 Å². The van der Waals surface area contributed by atoms with Gasteiger partial charge in [-0.05, 0) is 51.1 Å². The van der Waals surface area contributed by atoms with Gasteiger partial charge in [0.25, 0.3) is 0 Å². The van der Waals surface area contributed by atoms with Gasteiger partial charge < -0.3 is 10.4 Å². The molecule has 1 fully saturated rings.